The summed E-state index contributed by atoms with van der Waals surface area (Å²) in [5.74, 6) is 0. The van der Waals surface area contributed by atoms with Crippen LogP contribution in [-0.4, -0.2) is 16.7 Å². The van der Waals surface area contributed by atoms with Gasteiger partial charge in [0.25, 0.3) is 0 Å². The zero-order valence-electron chi connectivity index (χ0n) is 10.9. The van der Waals surface area contributed by atoms with E-state index in [1.165, 1.54) is 22.0 Å². The fourth-order valence-corrected chi connectivity index (χ4v) is 2.31. The number of hydrogen-bond donors (Lipinski definition) is 2. The number of aromatic nitrogens is 1. The van der Waals surface area contributed by atoms with Gasteiger partial charge in [-0.25, -0.2) is 0 Å². The molecule has 2 aromatic rings. The van der Waals surface area contributed by atoms with E-state index in [4.69, 9.17) is 5.11 Å². The second-order valence-electron chi connectivity index (χ2n) is 5.62. The molecule has 0 saturated heterocycles. The van der Waals surface area contributed by atoms with Crippen molar-refractivity contribution >= 4 is 10.9 Å². The van der Waals surface area contributed by atoms with Gasteiger partial charge in [-0.05, 0) is 29.4 Å². The Kier molecular flexibility index (Phi) is 3.25. The number of rotatable bonds is 3. The molecule has 0 bridgehead atoms. The van der Waals surface area contributed by atoms with E-state index in [1.54, 1.807) is 0 Å². The van der Waals surface area contributed by atoms with Crippen LogP contribution in [0, 0.1) is 0 Å². The van der Waals surface area contributed by atoms with Crippen LogP contribution >= 0.6 is 0 Å². The first-order chi connectivity index (χ1) is 8.04. The normalized spacial score (nSPS) is 12.2. The lowest BCUT2D eigenvalue weighted by Gasteiger charge is -2.19. The molecule has 0 atom stereocenters. The molecule has 0 aliphatic rings. The van der Waals surface area contributed by atoms with Crippen molar-refractivity contribution in [2.24, 2.45) is 0 Å². The van der Waals surface area contributed by atoms with Gasteiger partial charge >= 0.3 is 0 Å². The molecule has 0 unspecified atom stereocenters. The SMILES string of the molecule is CC(C)(C)c1cccc2c(CCCO)c[nH]c12. The fourth-order valence-electron chi connectivity index (χ4n) is 2.31. The Hall–Kier alpha value is -1.28. The molecule has 2 heteroatoms. The van der Waals surface area contributed by atoms with Gasteiger partial charge in [0.1, 0.15) is 0 Å². The maximum Gasteiger partial charge on any atom is 0.0494 e. The van der Waals surface area contributed by atoms with Crippen molar-refractivity contribution in [2.45, 2.75) is 39.0 Å². The third-order valence-electron chi connectivity index (χ3n) is 3.21. The minimum Gasteiger partial charge on any atom is -0.396 e. The third-order valence-corrected chi connectivity index (χ3v) is 3.21. The summed E-state index contributed by atoms with van der Waals surface area (Å²) in [6.07, 6.45) is 3.84. The van der Waals surface area contributed by atoms with E-state index in [9.17, 15) is 0 Å². The van der Waals surface area contributed by atoms with Crippen LogP contribution < -0.4 is 0 Å². The Balaban J connectivity index is 2.49. The van der Waals surface area contributed by atoms with Gasteiger partial charge in [-0.1, -0.05) is 39.0 Å². The average Bonchev–Trinajstić information content (AvgIpc) is 2.67. The second-order valence-corrected chi connectivity index (χ2v) is 5.62. The summed E-state index contributed by atoms with van der Waals surface area (Å²) in [4.78, 5) is 3.39. The molecule has 2 rings (SSSR count). The molecule has 0 saturated carbocycles. The number of benzene rings is 1. The highest BCUT2D eigenvalue weighted by atomic mass is 16.2. The zero-order valence-corrected chi connectivity index (χ0v) is 10.9. The molecule has 1 aromatic heterocycles. The van der Waals surface area contributed by atoms with Gasteiger partial charge < -0.3 is 10.1 Å². The highest BCUT2D eigenvalue weighted by molar-refractivity contribution is 5.86. The van der Waals surface area contributed by atoms with E-state index < -0.39 is 0 Å². The summed E-state index contributed by atoms with van der Waals surface area (Å²) in [7, 11) is 0. The quantitative estimate of drug-likeness (QED) is 0.834. The maximum absolute atomic E-state index is 8.91. The first-order valence-corrected chi connectivity index (χ1v) is 6.24. The van der Waals surface area contributed by atoms with Crippen LogP contribution in [0.25, 0.3) is 10.9 Å². The second kappa shape index (κ2) is 4.53. The monoisotopic (exact) mass is 231 g/mol. The molecule has 0 radical (unpaired) electrons. The van der Waals surface area contributed by atoms with Crippen LogP contribution in [0.2, 0.25) is 0 Å². The molecule has 0 fully saturated rings. The first kappa shape index (κ1) is 12.2. The van der Waals surface area contributed by atoms with Gasteiger partial charge in [-0.2, -0.15) is 0 Å². The largest absolute Gasteiger partial charge is 0.396 e. The van der Waals surface area contributed by atoms with E-state index in [1.807, 2.05) is 0 Å². The molecular formula is C15H21NO. The van der Waals surface area contributed by atoms with Crippen LogP contribution in [0.15, 0.2) is 24.4 Å². The minimum atomic E-state index is 0.151. The number of nitrogens with one attached hydrogen (secondary N) is 1. The van der Waals surface area contributed by atoms with Crippen LogP contribution in [0.1, 0.15) is 38.3 Å². The van der Waals surface area contributed by atoms with Crippen molar-refractivity contribution in [1.29, 1.82) is 0 Å². The van der Waals surface area contributed by atoms with Crippen molar-refractivity contribution in [3.05, 3.63) is 35.5 Å². The van der Waals surface area contributed by atoms with Crippen molar-refractivity contribution in [1.82, 2.24) is 4.98 Å². The molecule has 17 heavy (non-hydrogen) atoms. The molecular weight excluding hydrogens is 210 g/mol. The van der Waals surface area contributed by atoms with Crippen molar-refractivity contribution < 1.29 is 5.11 Å². The van der Waals surface area contributed by atoms with Gasteiger partial charge in [0.05, 0.1) is 0 Å². The molecule has 0 aliphatic carbocycles. The Labute approximate surface area is 103 Å². The third kappa shape index (κ3) is 2.37. The molecule has 0 amide bonds. The Morgan fingerprint density at radius 2 is 2.00 bits per heavy atom. The predicted molar refractivity (Wildman–Crippen MR) is 72.4 cm³/mol. The van der Waals surface area contributed by atoms with E-state index >= 15 is 0 Å². The Bertz CT molecular complexity index is 505. The average molecular weight is 231 g/mol. The Morgan fingerprint density at radius 3 is 2.65 bits per heavy atom. The Morgan fingerprint density at radius 1 is 1.24 bits per heavy atom. The van der Waals surface area contributed by atoms with Gasteiger partial charge in [0.15, 0.2) is 0 Å². The maximum atomic E-state index is 8.91. The summed E-state index contributed by atoms with van der Waals surface area (Å²) < 4.78 is 0. The highest BCUT2D eigenvalue weighted by Gasteiger charge is 2.18. The number of H-pyrrole nitrogens is 1. The van der Waals surface area contributed by atoms with Crippen LogP contribution in [0.4, 0.5) is 0 Å². The molecule has 1 aromatic carbocycles. The number of aryl methyl sites for hydroxylation is 1. The van der Waals surface area contributed by atoms with E-state index in [0.29, 0.717) is 0 Å². The van der Waals surface area contributed by atoms with Gasteiger partial charge in [-0.3, -0.25) is 0 Å². The lowest BCUT2D eigenvalue weighted by Crippen LogP contribution is -2.11. The van der Waals surface area contributed by atoms with E-state index in [0.717, 1.165) is 12.8 Å². The standard InChI is InChI=1S/C15H21NO/c1-15(2,3)13-8-4-7-12-11(6-5-9-17)10-16-14(12)13/h4,7-8,10,16-17H,5-6,9H2,1-3H3. The van der Waals surface area contributed by atoms with Crippen LogP contribution in [0.3, 0.4) is 0 Å². The molecule has 0 aliphatic heterocycles. The fraction of sp³-hybridized carbons (Fsp3) is 0.467. The predicted octanol–water partition coefficient (Wildman–Crippen LogP) is 3.39. The van der Waals surface area contributed by atoms with Crippen molar-refractivity contribution in [3.8, 4) is 0 Å². The lowest BCUT2D eigenvalue weighted by atomic mass is 9.85. The number of para-hydroxylation sites is 1. The summed E-state index contributed by atoms with van der Waals surface area (Å²) in [5.41, 5.74) is 4.05. The summed E-state index contributed by atoms with van der Waals surface area (Å²) >= 11 is 0. The topological polar surface area (TPSA) is 36.0 Å². The highest BCUT2D eigenvalue weighted by Crippen LogP contribution is 2.31. The zero-order chi connectivity index (χ0) is 12.5. The van der Waals surface area contributed by atoms with Gasteiger partial charge in [-0.15, -0.1) is 0 Å². The minimum absolute atomic E-state index is 0.151. The number of aliphatic hydroxyl groups excluding tert-OH is 1. The number of aliphatic hydroxyl groups is 1. The van der Waals surface area contributed by atoms with E-state index in [2.05, 4.69) is 50.2 Å². The summed E-state index contributed by atoms with van der Waals surface area (Å²) in [6.45, 7) is 6.95. The van der Waals surface area contributed by atoms with Gasteiger partial charge in [0.2, 0.25) is 0 Å². The van der Waals surface area contributed by atoms with Crippen molar-refractivity contribution in [2.75, 3.05) is 6.61 Å². The molecule has 2 N–H and O–H groups in total. The molecule has 1 heterocycles. The van der Waals surface area contributed by atoms with Gasteiger partial charge in [0, 0.05) is 23.7 Å². The van der Waals surface area contributed by atoms with Crippen molar-refractivity contribution in [3.63, 3.8) is 0 Å². The molecule has 92 valence electrons. The van der Waals surface area contributed by atoms with Crippen LogP contribution in [-0.2, 0) is 11.8 Å². The first-order valence-electron chi connectivity index (χ1n) is 6.24. The molecule has 2 nitrogen and oxygen atoms in total. The summed E-state index contributed by atoms with van der Waals surface area (Å²) in [6, 6.07) is 6.47. The number of hydrogen-bond acceptors (Lipinski definition) is 1. The van der Waals surface area contributed by atoms with E-state index in [-0.39, 0.29) is 12.0 Å². The molecule has 0 spiro atoms. The number of fused-ring (bicyclic) bond motifs is 1. The lowest BCUT2D eigenvalue weighted by molar-refractivity contribution is 0.289. The smallest absolute Gasteiger partial charge is 0.0494 e. The number of aromatic amines is 1. The van der Waals surface area contributed by atoms with Crippen LogP contribution in [0.5, 0.6) is 0 Å². The summed E-state index contributed by atoms with van der Waals surface area (Å²) in [5, 5.41) is 10.2.